The van der Waals surface area contributed by atoms with Crippen molar-refractivity contribution in [2.75, 3.05) is 18.4 Å². The van der Waals surface area contributed by atoms with Crippen molar-refractivity contribution in [2.45, 2.75) is 32.5 Å². The van der Waals surface area contributed by atoms with Crippen molar-refractivity contribution in [3.05, 3.63) is 53.3 Å². The van der Waals surface area contributed by atoms with Crippen molar-refractivity contribution in [2.24, 2.45) is 0 Å². The Morgan fingerprint density at radius 3 is 2.86 bits per heavy atom. The smallest absolute Gasteiger partial charge is 0.223 e. The second-order valence-electron chi connectivity index (χ2n) is 5.81. The number of rotatable bonds is 5. The normalized spacial score (nSPS) is 18.5. The number of aliphatic hydroxyl groups is 1. The molecule has 0 bridgehead atoms. The summed E-state index contributed by atoms with van der Waals surface area (Å²) in [6, 6.07) is 10.9. The minimum atomic E-state index is -0.0135. The lowest BCUT2D eigenvalue weighted by Crippen LogP contribution is -2.26. The van der Waals surface area contributed by atoms with E-state index in [0.717, 1.165) is 37.3 Å². The third-order valence-electron chi connectivity index (χ3n) is 4.11. The van der Waals surface area contributed by atoms with Gasteiger partial charge in [0.05, 0.1) is 6.61 Å². The Bertz CT molecular complexity index is 617. The number of benzene rings is 1. The summed E-state index contributed by atoms with van der Waals surface area (Å²) in [5.74, 6) is 0.654. The van der Waals surface area contributed by atoms with Gasteiger partial charge in [-0.3, -0.25) is 4.90 Å². The number of likely N-dealkylation sites (tertiary alicyclic amines) is 1. The summed E-state index contributed by atoms with van der Waals surface area (Å²) in [5, 5.41) is 12.6. The van der Waals surface area contributed by atoms with Crippen LogP contribution in [0.4, 0.5) is 5.95 Å². The molecule has 2 N–H and O–H groups in total. The molecule has 116 valence electrons. The molecule has 1 aromatic heterocycles. The highest BCUT2D eigenvalue weighted by atomic mass is 16.3. The summed E-state index contributed by atoms with van der Waals surface area (Å²) in [7, 11) is 0. The van der Waals surface area contributed by atoms with Crippen LogP contribution in [0.25, 0.3) is 0 Å². The molecule has 1 aliphatic rings. The molecule has 1 atom stereocenters. The van der Waals surface area contributed by atoms with Crippen molar-refractivity contribution < 1.29 is 5.11 Å². The van der Waals surface area contributed by atoms with Gasteiger partial charge in [0.25, 0.3) is 0 Å². The Morgan fingerprint density at radius 2 is 2.14 bits per heavy atom. The van der Waals surface area contributed by atoms with Crippen molar-refractivity contribution in [1.29, 1.82) is 0 Å². The number of aryl methyl sites for hydroxylation is 1. The molecule has 5 nitrogen and oxygen atoms in total. The van der Waals surface area contributed by atoms with Gasteiger partial charge in [0, 0.05) is 43.1 Å². The molecule has 0 radical (unpaired) electrons. The highest BCUT2D eigenvalue weighted by molar-refractivity contribution is 5.30. The van der Waals surface area contributed by atoms with Crippen LogP contribution in [-0.2, 0) is 13.2 Å². The first-order valence-corrected chi connectivity index (χ1v) is 7.71. The van der Waals surface area contributed by atoms with Crippen LogP contribution in [0.2, 0.25) is 0 Å². The lowest BCUT2D eigenvalue weighted by molar-refractivity contribution is 0.280. The number of aliphatic hydroxyl groups excluding tert-OH is 1. The number of aromatic nitrogens is 2. The molecule has 0 saturated carbocycles. The Hall–Kier alpha value is -1.98. The fourth-order valence-electron chi connectivity index (χ4n) is 2.84. The monoisotopic (exact) mass is 298 g/mol. The molecule has 3 rings (SSSR count). The molecule has 1 aromatic carbocycles. The molecule has 1 aliphatic heterocycles. The summed E-state index contributed by atoms with van der Waals surface area (Å²) >= 11 is 0. The maximum absolute atomic E-state index is 9.16. The van der Waals surface area contributed by atoms with Crippen molar-refractivity contribution >= 4 is 5.95 Å². The molecule has 0 aliphatic carbocycles. The number of nitrogens with zero attached hydrogens (tertiary/aromatic N) is 3. The number of hydrogen-bond acceptors (Lipinski definition) is 5. The fourth-order valence-corrected chi connectivity index (χ4v) is 2.84. The first kappa shape index (κ1) is 14.9. The summed E-state index contributed by atoms with van der Waals surface area (Å²) in [5.41, 5.74) is 2.96. The second-order valence-corrected chi connectivity index (χ2v) is 5.81. The van der Waals surface area contributed by atoms with E-state index in [2.05, 4.69) is 44.5 Å². The Balaban J connectivity index is 1.56. The number of hydrogen-bond donors (Lipinski definition) is 2. The van der Waals surface area contributed by atoms with E-state index in [9.17, 15) is 0 Å². The van der Waals surface area contributed by atoms with E-state index < -0.39 is 0 Å². The van der Waals surface area contributed by atoms with Crippen LogP contribution < -0.4 is 5.32 Å². The van der Waals surface area contributed by atoms with E-state index in [0.29, 0.717) is 12.0 Å². The predicted octanol–water partition coefficient (Wildman–Crippen LogP) is 1.96. The minimum absolute atomic E-state index is 0.0135. The Morgan fingerprint density at radius 1 is 1.32 bits per heavy atom. The van der Waals surface area contributed by atoms with Gasteiger partial charge >= 0.3 is 0 Å². The summed E-state index contributed by atoms with van der Waals surface area (Å²) in [4.78, 5) is 11.1. The van der Waals surface area contributed by atoms with E-state index >= 15 is 0 Å². The van der Waals surface area contributed by atoms with Crippen LogP contribution in [-0.4, -0.2) is 39.1 Å². The molecule has 2 aromatic rings. The van der Waals surface area contributed by atoms with Crippen LogP contribution in [0.3, 0.4) is 0 Å². The van der Waals surface area contributed by atoms with Gasteiger partial charge in [0.15, 0.2) is 0 Å². The van der Waals surface area contributed by atoms with E-state index in [1.165, 1.54) is 5.56 Å². The van der Waals surface area contributed by atoms with Gasteiger partial charge in [-0.25, -0.2) is 9.97 Å². The zero-order chi connectivity index (χ0) is 15.4. The number of anilines is 1. The van der Waals surface area contributed by atoms with Crippen LogP contribution >= 0.6 is 0 Å². The van der Waals surface area contributed by atoms with Gasteiger partial charge in [0.1, 0.15) is 0 Å². The fraction of sp³-hybridized carbons (Fsp3) is 0.412. The van der Waals surface area contributed by atoms with E-state index in [1.807, 2.05) is 13.0 Å². The van der Waals surface area contributed by atoms with Crippen LogP contribution in [0, 0.1) is 6.92 Å². The second kappa shape index (κ2) is 6.85. The topological polar surface area (TPSA) is 61.3 Å². The molecule has 2 heterocycles. The van der Waals surface area contributed by atoms with Gasteiger partial charge in [0.2, 0.25) is 5.95 Å². The van der Waals surface area contributed by atoms with Gasteiger partial charge in [-0.05, 0) is 18.9 Å². The molecule has 0 spiro atoms. The first-order valence-electron chi connectivity index (χ1n) is 7.71. The third-order valence-corrected chi connectivity index (χ3v) is 4.11. The maximum Gasteiger partial charge on any atom is 0.223 e. The van der Waals surface area contributed by atoms with Crippen molar-refractivity contribution in [3.63, 3.8) is 0 Å². The van der Waals surface area contributed by atoms with Gasteiger partial charge < -0.3 is 10.4 Å². The van der Waals surface area contributed by atoms with Gasteiger partial charge in [-0.1, -0.05) is 30.3 Å². The van der Waals surface area contributed by atoms with E-state index in [-0.39, 0.29) is 6.61 Å². The van der Waals surface area contributed by atoms with Crippen LogP contribution in [0.15, 0.2) is 36.5 Å². The highest BCUT2D eigenvalue weighted by Gasteiger charge is 2.23. The van der Waals surface area contributed by atoms with E-state index in [1.54, 1.807) is 6.20 Å². The van der Waals surface area contributed by atoms with Crippen LogP contribution in [0.1, 0.15) is 23.2 Å². The lowest BCUT2D eigenvalue weighted by Gasteiger charge is -2.17. The minimum Gasteiger partial charge on any atom is -0.392 e. The predicted molar refractivity (Wildman–Crippen MR) is 86.4 cm³/mol. The third kappa shape index (κ3) is 3.61. The molecule has 22 heavy (non-hydrogen) atoms. The quantitative estimate of drug-likeness (QED) is 0.883. The molecule has 1 unspecified atom stereocenters. The Labute approximate surface area is 131 Å². The molecule has 1 fully saturated rings. The Kier molecular flexibility index (Phi) is 4.65. The maximum atomic E-state index is 9.16. The molecular weight excluding hydrogens is 276 g/mol. The molecule has 0 amide bonds. The summed E-state index contributed by atoms with van der Waals surface area (Å²) < 4.78 is 0. The molecular formula is C17H22N4O. The largest absolute Gasteiger partial charge is 0.392 e. The zero-order valence-corrected chi connectivity index (χ0v) is 12.9. The standard InChI is InChI=1S/C17H22N4O/c1-13-15(12-22)9-18-17(19-13)20-16-7-8-21(11-16)10-14-5-3-2-4-6-14/h2-6,9,16,22H,7-8,10-12H2,1H3,(H,18,19,20). The zero-order valence-electron chi connectivity index (χ0n) is 12.9. The van der Waals surface area contributed by atoms with E-state index in [4.69, 9.17) is 5.11 Å². The van der Waals surface area contributed by atoms with Gasteiger partial charge in [-0.15, -0.1) is 0 Å². The molecule has 1 saturated heterocycles. The van der Waals surface area contributed by atoms with Crippen molar-refractivity contribution in [3.8, 4) is 0 Å². The van der Waals surface area contributed by atoms with Gasteiger partial charge in [-0.2, -0.15) is 0 Å². The average Bonchev–Trinajstić information content (AvgIpc) is 2.95. The molecule has 5 heteroatoms. The summed E-state index contributed by atoms with van der Waals surface area (Å²) in [6.45, 7) is 4.96. The lowest BCUT2D eigenvalue weighted by atomic mass is 10.2. The van der Waals surface area contributed by atoms with Crippen LogP contribution in [0.5, 0.6) is 0 Å². The SMILES string of the molecule is Cc1nc(NC2CCN(Cc3ccccc3)C2)ncc1CO. The average molecular weight is 298 g/mol. The highest BCUT2D eigenvalue weighted by Crippen LogP contribution is 2.16. The first-order chi connectivity index (χ1) is 10.7. The summed E-state index contributed by atoms with van der Waals surface area (Å²) in [6.07, 6.45) is 2.79. The van der Waals surface area contributed by atoms with Crippen molar-refractivity contribution in [1.82, 2.24) is 14.9 Å². The number of nitrogens with one attached hydrogen (secondary N) is 1.